The minimum absolute atomic E-state index is 0.221. The van der Waals surface area contributed by atoms with E-state index >= 15 is 0 Å². The van der Waals surface area contributed by atoms with E-state index < -0.39 is 48.4 Å². The summed E-state index contributed by atoms with van der Waals surface area (Å²) in [6, 6.07) is 3.85. The van der Waals surface area contributed by atoms with Gasteiger partial charge in [0.05, 0.1) is 17.7 Å². The van der Waals surface area contributed by atoms with Crippen LogP contribution in [0.2, 0.25) is 0 Å². The van der Waals surface area contributed by atoms with Crippen molar-refractivity contribution in [2.24, 2.45) is 5.73 Å². The van der Waals surface area contributed by atoms with E-state index in [1.54, 1.807) is 0 Å². The number of nitrogens with two attached hydrogens (primary N) is 1. The van der Waals surface area contributed by atoms with Gasteiger partial charge in [0.15, 0.2) is 0 Å². The second-order valence-corrected chi connectivity index (χ2v) is 5.30. The van der Waals surface area contributed by atoms with Crippen LogP contribution in [0.5, 0.6) is 0 Å². The largest absolute Gasteiger partial charge is 0.480 e. The van der Waals surface area contributed by atoms with E-state index in [9.17, 15) is 24.3 Å². The van der Waals surface area contributed by atoms with Gasteiger partial charge in [-0.2, -0.15) is 0 Å². The van der Waals surface area contributed by atoms with Gasteiger partial charge in [-0.25, -0.2) is 9.59 Å². The molecule has 1 amide bonds. The molecule has 1 saturated heterocycles. The van der Waals surface area contributed by atoms with Crippen molar-refractivity contribution in [2.75, 3.05) is 6.54 Å². The van der Waals surface area contributed by atoms with Crippen LogP contribution in [0.1, 0.15) is 27.1 Å². The quantitative estimate of drug-likeness (QED) is 0.575. The molecule has 23 heavy (non-hydrogen) atoms. The summed E-state index contributed by atoms with van der Waals surface area (Å²) in [6.07, 6.45) is -0.460. The number of likely N-dealkylation sites (tertiary alicyclic amines) is 1. The highest BCUT2D eigenvalue weighted by atomic mass is 16.4. The SMILES string of the molecule is N[C@@]1(C(=O)O)C[C@H](C(=O)O)N(C(=O)c2ccccc2C(=O)O)C1. The van der Waals surface area contributed by atoms with Crippen molar-refractivity contribution >= 4 is 23.8 Å². The fraction of sp³-hybridized carbons (Fsp3) is 0.286. The van der Waals surface area contributed by atoms with Gasteiger partial charge in [0.2, 0.25) is 0 Å². The van der Waals surface area contributed by atoms with Gasteiger partial charge in [-0.05, 0) is 12.1 Å². The Hall–Kier alpha value is -2.94. The van der Waals surface area contributed by atoms with Crippen LogP contribution >= 0.6 is 0 Å². The van der Waals surface area contributed by atoms with Gasteiger partial charge in [-0.15, -0.1) is 0 Å². The van der Waals surface area contributed by atoms with Gasteiger partial charge in [0, 0.05) is 6.42 Å². The number of rotatable bonds is 4. The van der Waals surface area contributed by atoms with Crippen molar-refractivity contribution in [3.63, 3.8) is 0 Å². The summed E-state index contributed by atoms with van der Waals surface area (Å²) in [6.45, 7) is -0.522. The standard InChI is InChI=1S/C14H14N2O7/c15-14(13(22)23)5-9(12(20)21)16(6-14)10(17)7-3-1-2-4-8(7)11(18)19/h1-4,9H,5-6,15H2,(H,18,19)(H,20,21)(H,22,23)/t9-,14+/m1/s1. The van der Waals surface area contributed by atoms with E-state index in [0.717, 1.165) is 4.90 Å². The lowest BCUT2D eigenvalue weighted by Gasteiger charge is -2.22. The third kappa shape index (κ3) is 2.86. The predicted octanol–water partition coefficient (Wildman–Crippen LogP) is -0.534. The number of amides is 1. The molecular weight excluding hydrogens is 308 g/mol. The number of aliphatic carboxylic acids is 2. The molecule has 0 spiro atoms. The Labute approximate surface area is 129 Å². The van der Waals surface area contributed by atoms with Crippen LogP contribution in [0, 0.1) is 0 Å². The summed E-state index contributed by atoms with van der Waals surface area (Å²) >= 11 is 0. The zero-order chi connectivity index (χ0) is 17.4. The first kappa shape index (κ1) is 16.4. The van der Waals surface area contributed by atoms with Gasteiger partial charge in [-0.1, -0.05) is 12.1 Å². The number of carboxylic acids is 3. The molecule has 0 aromatic heterocycles. The lowest BCUT2D eigenvalue weighted by atomic mass is 9.98. The molecule has 2 atom stereocenters. The van der Waals surface area contributed by atoms with Crippen LogP contribution in [-0.4, -0.2) is 62.2 Å². The smallest absolute Gasteiger partial charge is 0.336 e. The Kier molecular flexibility index (Phi) is 4.06. The van der Waals surface area contributed by atoms with Crippen molar-refractivity contribution in [3.05, 3.63) is 35.4 Å². The maximum Gasteiger partial charge on any atom is 0.336 e. The molecule has 9 nitrogen and oxygen atoms in total. The van der Waals surface area contributed by atoms with Crippen molar-refractivity contribution in [1.82, 2.24) is 4.90 Å². The fourth-order valence-electron chi connectivity index (χ4n) is 2.53. The first-order chi connectivity index (χ1) is 10.7. The predicted molar refractivity (Wildman–Crippen MR) is 75.0 cm³/mol. The zero-order valence-corrected chi connectivity index (χ0v) is 11.8. The molecule has 0 radical (unpaired) electrons. The number of benzene rings is 1. The van der Waals surface area contributed by atoms with Crippen molar-refractivity contribution in [3.8, 4) is 0 Å². The monoisotopic (exact) mass is 322 g/mol. The molecule has 5 N–H and O–H groups in total. The van der Waals surface area contributed by atoms with Crippen molar-refractivity contribution in [2.45, 2.75) is 18.0 Å². The number of carbonyl (C=O) groups excluding carboxylic acids is 1. The molecule has 0 bridgehead atoms. The first-order valence-corrected chi connectivity index (χ1v) is 6.56. The molecule has 1 fully saturated rings. The number of hydrogen-bond donors (Lipinski definition) is 4. The zero-order valence-electron chi connectivity index (χ0n) is 11.8. The van der Waals surface area contributed by atoms with E-state index in [1.807, 2.05) is 0 Å². The Morgan fingerprint density at radius 2 is 1.65 bits per heavy atom. The highest BCUT2D eigenvalue weighted by Gasteiger charge is 2.51. The van der Waals surface area contributed by atoms with E-state index in [-0.39, 0.29) is 11.1 Å². The average molecular weight is 322 g/mol. The number of carboxylic acid groups (broad SMARTS) is 3. The Balaban J connectivity index is 2.43. The van der Waals surface area contributed by atoms with Crippen LogP contribution in [-0.2, 0) is 9.59 Å². The molecule has 0 unspecified atom stereocenters. The summed E-state index contributed by atoms with van der Waals surface area (Å²) in [7, 11) is 0. The summed E-state index contributed by atoms with van der Waals surface area (Å²) in [4.78, 5) is 47.1. The summed E-state index contributed by atoms with van der Waals surface area (Å²) < 4.78 is 0. The number of aromatic carboxylic acids is 1. The first-order valence-electron chi connectivity index (χ1n) is 6.56. The topological polar surface area (TPSA) is 158 Å². The number of carbonyl (C=O) groups is 4. The molecule has 0 aliphatic carbocycles. The van der Waals surface area contributed by atoms with Gasteiger partial charge in [-0.3, -0.25) is 9.59 Å². The van der Waals surface area contributed by atoms with Crippen LogP contribution in [0.25, 0.3) is 0 Å². The van der Waals surface area contributed by atoms with Crippen LogP contribution in [0.15, 0.2) is 24.3 Å². The second-order valence-electron chi connectivity index (χ2n) is 5.30. The van der Waals surface area contributed by atoms with Crippen LogP contribution < -0.4 is 5.73 Å². The molecule has 1 heterocycles. The third-order valence-electron chi connectivity index (χ3n) is 3.75. The third-order valence-corrected chi connectivity index (χ3v) is 3.75. The molecule has 1 aromatic carbocycles. The fourth-order valence-corrected chi connectivity index (χ4v) is 2.53. The van der Waals surface area contributed by atoms with E-state index in [1.165, 1.54) is 24.3 Å². The van der Waals surface area contributed by atoms with Crippen molar-refractivity contribution in [1.29, 1.82) is 0 Å². The van der Waals surface area contributed by atoms with E-state index in [4.69, 9.17) is 15.9 Å². The maximum absolute atomic E-state index is 12.5. The van der Waals surface area contributed by atoms with Gasteiger partial charge >= 0.3 is 17.9 Å². The van der Waals surface area contributed by atoms with Crippen LogP contribution in [0.4, 0.5) is 0 Å². The summed E-state index contributed by atoms with van der Waals surface area (Å²) in [5, 5.41) is 27.5. The van der Waals surface area contributed by atoms with Crippen LogP contribution in [0.3, 0.4) is 0 Å². The lowest BCUT2D eigenvalue weighted by Crippen LogP contribution is -2.50. The average Bonchev–Trinajstić information content (AvgIpc) is 2.86. The Bertz CT molecular complexity index is 702. The molecule has 0 saturated carbocycles. The molecule has 1 aromatic rings. The molecule has 9 heteroatoms. The molecule has 122 valence electrons. The van der Waals surface area contributed by atoms with Gasteiger partial charge < -0.3 is 26.0 Å². The maximum atomic E-state index is 12.5. The van der Waals surface area contributed by atoms with E-state index in [2.05, 4.69) is 0 Å². The minimum Gasteiger partial charge on any atom is -0.480 e. The highest BCUT2D eigenvalue weighted by Crippen LogP contribution is 2.28. The Morgan fingerprint density at radius 1 is 1.09 bits per heavy atom. The van der Waals surface area contributed by atoms with Crippen molar-refractivity contribution < 1.29 is 34.5 Å². The normalized spacial score (nSPS) is 23.5. The molecule has 1 aliphatic heterocycles. The van der Waals surface area contributed by atoms with Gasteiger partial charge in [0.1, 0.15) is 11.6 Å². The Morgan fingerprint density at radius 3 is 2.13 bits per heavy atom. The molecule has 1 aliphatic rings. The molecule has 2 rings (SSSR count). The lowest BCUT2D eigenvalue weighted by molar-refractivity contribution is -0.143. The van der Waals surface area contributed by atoms with Gasteiger partial charge in [0.25, 0.3) is 5.91 Å². The minimum atomic E-state index is -1.89. The summed E-state index contributed by atoms with van der Waals surface area (Å²) in [5.74, 6) is -5.06. The summed E-state index contributed by atoms with van der Waals surface area (Å²) in [5.41, 5.74) is 3.25. The number of hydrogen-bond acceptors (Lipinski definition) is 5. The second kappa shape index (κ2) is 5.69. The molecular formula is C14H14N2O7. The highest BCUT2D eigenvalue weighted by molar-refractivity contribution is 6.06. The number of nitrogens with zero attached hydrogens (tertiary/aromatic N) is 1. The van der Waals surface area contributed by atoms with E-state index in [0.29, 0.717) is 0 Å².